The fourth-order valence-corrected chi connectivity index (χ4v) is 1.86. The molecule has 0 aliphatic heterocycles. The molecule has 0 rings (SSSR count). The van der Waals surface area contributed by atoms with E-state index in [0.717, 1.165) is 31.7 Å². The molecule has 0 aliphatic rings. The van der Waals surface area contributed by atoms with Crippen LogP contribution < -0.4 is 0 Å². The van der Waals surface area contributed by atoms with Crippen molar-refractivity contribution in [3.05, 3.63) is 0 Å². The zero-order valence-electron chi connectivity index (χ0n) is 12.5. The van der Waals surface area contributed by atoms with Crippen LogP contribution in [0.3, 0.4) is 0 Å². The molecule has 17 heavy (non-hydrogen) atoms. The first kappa shape index (κ1) is 16.9. The third kappa shape index (κ3) is 12.2. The first-order chi connectivity index (χ1) is 8.06. The zero-order valence-corrected chi connectivity index (χ0v) is 12.5. The lowest BCUT2D eigenvalue weighted by molar-refractivity contribution is 0.0496. The maximum atomic E-state index is 5.75. The summed E-state index contributed by atoms with van der Waals surface area (Å²) >= 11 is 0. The molecule has 0 saturated heterocycles. The second kappa shape index (κ2) is 11.0. The number of ether oxygens (including phenoxy) is 2. The molecule has 0 radical (unpaired) electrons. The van der Waals surface area contributed by atoms with E-state index in [4.69, 9.17) is 9.47 Å². The first-order valence-electron chi connectivity index (χ1n) is 7.12. The van der Waals surface area contributed by atoms with Gasteiger partial charge >= 0.3 is 0 Å². The van der Waals surface area contributed by atoms with Crippen molar-refractivity contribution >= 4 is 0 Å². The lowest BCUT2D eigenvalue weighted by Gasteiger charge is -2.17. The van der Waals surface area contributed by atoms with Crippen molar-refractivity contribution in [3.8, 4) is 0 Å². The van der Waals surface area contributed by atoms with E-state index < -0.39 is 0 Å². The standard InChI is InChI=1S/C15H32O2/c1-13(2)7-6-10-17-12-15(11-16-5)9-8-14(3)4/h13-15H,6-12H2,1-5H3. The zero-order chi connectivity index (χ0) is 13.1. The van der Waals surface area contributed by atoms with Crippen molar-refractivity contribution in [1.82, 2.24) is 0 Å². The Morgan fingerprint density at radius 1 is 0.824 bits per heavy atom. The van der Waals surface area contributed by atoms with Crippen molar-refractivity contribution in [2.45, 2.75) is 53.4 Å². The van der Waals surface area contributed by atoms with Crippen LogP contribution in [0.4, 0.5) is 0 Å². The lowest BCUT2D eigenvalue weighted by Crippen LogP contribution is -2.16. The van der Waals surface area contributed by atoms with Crippen LogP contribution in [0.25, 0.3) is 0 Å². The number of hydrogen-bond acceptors (Lipinski definition) is 2. The maximum absolute atomic E-state index is 5.75. The second-order valence-electron chi connectivity index (χ2n) is 5.90. The predicted octanol–water partition coefficient (Wildman–Crippen LogP) is 4.14. The average molecular weight is 244 g/mol. The minimum Gasteiger partial charge on any atom is -0.384 e. The van der Waals surface area contributed by atoms with Gasteiger partial charge in [-0.2, -0.15) is 0 Å². The first-order valence-corrected chi connectivity index (χ1v) is 7.12. The van der Waals surface area contributed by atoms with Crippen LogP contribution >= 0.6 is 0 Å². The Morgan fingerprint density at radius 2 is 1.47 bits per heavy atom. The summed E-state index contributed by atoms with van der Waals surface area (Å²) in [5.74, 6) is 2.13. The van der Waals surface area contributed by atoms with Crippen molar-refractivity contribution in [2.24, 2.45) is 17.8 Å². The Labute approximate surface area is 108 Å². The minimum absolute atomic E-state index is 0.571. The summed E-state index contributed by atoms with van der Waals surface area (Å²) in [5.41, 5.74) is 0. The predicted molar refractivity (Wildman–Crippen MR) is 74.3 cm³/mol. The average Bonchev–Trinajstić information content (AvgIpc) is 2.24. The molecule has 0 aliphatic carbocycles. The minimum atomic E-state index is 0.571. The Hall–Kier alpha value is -0.0800. The van der Waals surface area contributed by atoms with E-state index in [9.17, 15) is 0 Å². The van der Waals surface area contributed by atoms with Gasteiger partial charge in [-0.1, -0.05) is 34.1 Å². The van der Waals surface area contributed by atoms with Gasteiger partial charge in [0.25, 0.3) is 0 Å². The van der Waals surface area contributed by atoms with Crippen LogP contribution in [-0.4, -0.2) is 26.9 Å². The summed E-state index contributed by atoms with van der Waals surface area (Å²) in [4.78, 5) is 0. The third-order valence-corrected chi connectivity index (χ3v) is 2.98. The van der Waals surface area contributed by atoms with Crippen LogP contribution in [0.1, 0.15) is 53.4 Å². The fourth-order valence-electron chi connectivity index (χ4n) is 1.86. The van der Waals surface area contributed by atoms with Gasteiger partial charge in [0, 0.05) is 19.6 Å². The van der Waals surface area contributed by atoms with Crippen molar-refractivity contribution in [2.75, 3.05) is 26.9 Å². The molecule has 2 heteroatoms. The molecule has 0 aromatic rings. The van der Waals surface area contributed by atoms with E-state index in [1.165, 1.54) is 25.7 Å². The molecule has 0 spiro atoms. The highest BCUT2D eigenvalue weighted by Gasteiger charge is 2.09. The van der Waals surface area contributed by atoms with Gasteiger partial charge < -0.3 is 9.47 Å². The molecule has 1 atom stereocenters. The molecular formula is C15H32O2. The Kier molecular flexibility index (Phi) is 11.0. The van der Waals surface area contributed by atoms with Crippen LogP contribution in [0.5, 0.6) is 0 Å². The highest BCUT2D eigenvalue weighted by Crippen LogP contribution is 2.13. The fraction of sp³-hybridized carbons (Fsp3) is 1.00. The van der Waals surface area contributed by atoms with E-state index in [1.54, 1.807) is 7.11 Å². The maximum Gasteiger partial charge on any atom is 0.0516 e. The summed E-state index contributed by atoms with van der Waals surface area (Å²) in [7, 11) is 1.78. The largest absolute Gasteiger partial charge is 0.384 e. The Bertz CT molecular complexity index is 155. The molecule has 0 saturated carbocycles. The van der Waals surface area contributed by atoms with Crippen LogP contribution in [0.15, 0.2) is 0 Å². The highest BCUT2D eigenvalue weighted by atomic mass is 16.5. The topological polar surface area (TPSA) is 18.5 Å². The highest BCUT2D eigenvalue weighted by molar-refractivity contribution is 4.59. The second-order valence-corrected chi connectivity index (χ2v) is 5.90. The Balaban J connectivity index is 3.55. The van der Waals surface area contributed by atoms with E-state index in [1.807, 2.05) is 0 Å². The van der Waals surface area contributed by atoms with Crippen LogP contribution in [-0.2, 0) is 9.47 Å². The molecule has 0 N–H and O–H groups in total. The smallest absolute Gasteiger partial charge is 0.0516 e. The molecule has 0 aromatic carbocycles. The van der Waals surface area contributed by atoms with Crippen LogP contribution in [0, 0.1) is 17.8 Å². The van der Waals surface area contributed by atoms with Gasteiger partial charge in [-0.05, 0) is 31.1 Å². The molecule has 0 bridgehead atoms. The van der Waals surface area contributed by atoms with Gasteiger partial charge in [-0.15, -0.1) is 0 Å². The monoisotopic (exact) mass is 244 g/mol. The summed E-state index contributed by atoms with van der Waals surface area (Å²) in [6.45, 7) is 11.7. The number of rotatable bonds is 11. The SMILES string of the molecule is COCC(CCC(C)C)COCCCC(C)C. The molecular weight excluding hydrogens is 212 g/mol. The third-order valence-electron chi connectivity index (χ3n) is 2.98. The lowest BCUT2D eigenvalue weighted by atomic mass is 9.99. The molecule has 104 valence electrons. The van der Waals surface area contributed by atoms with E-state index in [2.05, 4.69) is 27.7 Å². The van der Waals surface area contributed by atoms with Crippen LogP contribution in [0.2, 0.25) is 0 Å². The summed E-state index contributed by atoms with van der Waals surface area (Å²) in [6.07, 6.45) is 4.93. The normalized spacial score (nSPS) is 13.6. The van der Waals surface area contributed by atoms with Crippen molar-refractivity contribution in [1.29, 1.82) is 0 Å². The Morgan fingerprint density at radius 3 is 2.00 bits per heavy atom. The molecule has 0 aromatic heterocycles. The number of methoxy groups -OCH3 is 1. The van der Waals surface area contributed by atoms with Gasteiger partial charge in [0.1, 0.15) is 0 Å². The van der Waals surface area contributed by atoms with E-state index in [0.29, 0.717) is 5.92 Å². The van der Waals surface area contributed by atoms with E-state index in [-0.39, 0.29) is 0 Å². The summed E-state index contributed by atoms with van der Waals surface area (Å²) < 4.78 is 11.0. The molecule has 0 amide bonds. The quantitative estimate of drug-likeness (QED) is 0.509. The van der Waals surface area contributed by atoms with E-state index >= 15 is 0 Å². The molecule has 2 nitrogen and oxygen atoms in total. The van der Waals surface area contributed by atoms with Gasteiger partial charge in [0.2, 0.25) is 0 Å². The van der Waals surface area contributed by atoms with Gasteiger partial charge in [0.15, 0.2) is 0 Å². The summed E-state index contributed by atoms with van der Waals surface area (Å²) in [6, 6.07) is 0. The van der Waals surface area contributed by atoms with Gasteiger partial charge in [-0.3, -0.25) is 0 Å². The number of hydrogen-bond donors (Lipinski definition) is 0. The summed E-state index contributed by atoms with van der Waals surface area (Å²) in [5, 5.41) is 0. The van der Waals surface area contributed by atoms with Crippen molar-refractivity contribution < 1.29 is 9.47 Å². The molecule has 0 fully saturated rings. The van der Waals surface area contributed by atoms with Gasteiger partial charge in [-0.25, -0.2) is 0 Å². The molecule has 0 heterocycles. The van der Waals surface area contributed by atoms with Gasteiger partial charge in [0.05, 0.1) is 13.2 Å². The van der Waals surface area contributed by atoms with Crippen molar-refractivity contribution in [3.63, 3.8) is 0 Å². The molecule has 1 unspecified atom stereocenters.